The highest BCUT2D eigenvalue weighted by Crippen LogP contribution is 2.62. The highest BCUT2D eigenvalue weighted by Gasteiger charge is 2.61. The van der Waals surface area contributed by atoms with Crippen LogP contribution in [0.25, 0.3) is 0 Å². The Morgan fingerprint density at radius 2 is 0.935 bits per heavy atom. The van der Waals surface area contributed by atoms with E-state index in [1.807, 2.05) is 0 Å². The van der Waals surface area contributed by atoms with Gasteiger partial charge in [0.2, 0.25) is 0 Å². The molecule has 77 heavy (non-hydrogen) atoms. The lowest BCUT2D eigenvalue weighted by Gasteiger charge is -2.60. The lowest BCUT2D eigenvalue weighted by molar-refractivity contribution is -0.217. The third-order valence-corrected chi connectivity index (χ3v) is 20.0. The second-order valence-corrected chi connectivity index (χ2v) is 26.6. The minimum absolute atomic E-state index is 0.152. The zero-order valence-electron chi connectivity index (χ0n) is 48.2. The van der Waals surface area contributed by atoms with Crippen molar-refractivity contribution in [3.8, 4) is 0 Å². The third kappa shape index (κ3) is 13.9. The van der Waals surface area contributed by atoms with Gasteiger partial charge in [-0.1, -0.05) is 46.7 Å². The Labute approximate surface area is 460 Å². The van der Waals surface area contributed by atoms with E-state index in [1.165, 1.54) is 83.5 Å². The maximum absolute atomic E-state index is 12.0. The first-order valence-corrected chi connectivity index (χ1v) is 29.4. The van der Waals surface area contributed by atoms with Gasteiger partial charge in [0.15, 0.2) is 0 Å². The van der Waals surface area contributed by atoms with Crippen molar-refractivity contribution >= 4 is 35.8 Å². The van der Waals surface area contributed by atoms with Crippen LogP contribution in [0.15, 0.2) is 60.8 Å². The molecule has 14 aliphatic rings. The first-order chi connectivity index (χ1) is 36.1. The summed E-state index contributed by atoms with van der Waals surface area (Å²) in [6, 6.07) is 0. The maximum Gasteiger partial charge on any atom is 0.333 e. The fraction of sp³-hybridized carbons (Fsp3) is 0.750. The Bertz CT molecular complexity index is 2240. The van der Waals surface area contributed by atoms with Crippen LogP contribution >= 0.6 is 0 Å². The van der Waals surface area contributed by atoms with Gasteiger partial charge in [-0.25, -0.2) is 24.0 Å². The quantitative estimate of drug-likeness (QED) is 0.111. The van der Waals surface area contributed by atoms with Crippen molar-refractivity contribution in [2.24, 2.45) is 59.2 Å². The van der Waals surface area contributed by atoms with Crippen LogP contribution in [0.5, 0.6) is 0 Å². The average Bonchev–Trinajstić information content (AvgIpc) is 3.99. The van der Waals surface area contributed by atoms with Crippen LogP contribution in [0, 0.1) is 59.2 Å². The molecule has 3 unspecified atom stereocenters. The van der Waals surface area contributed by atoms with Crippen LogP contribution in [0.2, 0.25) is 0 Å². The number of aliphatic hydroxyl groups is 1. The molecule has 1 N–H and O–H groups in total. The number of hydrogen-bond acceptors (Lipinski definition) is 13. The molecule has 13 saturated carbocycles. The molecule has 0 aromatic heterocycles. The summed E-state index contributed by atoms with van der Waals surface area (Å²) in [7, 11) is 0. The first-order valence-electron chi connectivity index (χ1n) is 29.4. The van der Waals surface area contributed by atoms with Crippen molar-refractivity contribution in [3.05, 3.63) is 60.8 Å². The van der Waals surface area contributed by atoms with E-state index >= 15 is 0 Å². The molecule has 428 valence electrons. The normalized spacial score (nSPS) is 38.0. The molecule has 13 nitrogen and oxygen atoms in total. The number of carbonyl (C=O) groups is 6. The summed E-state index contributed by atoms with van der Waals surface area (Å²) in [5.41, 5.74) is 0.843. The third-order valence-electron chi connectivity index (χ3n) is 20.0. The van der Waals surface area contributed by atoms with Gasteiger partial charge in [-0.05, 0) is 236 Å². The molecular formula is C64H94O13. The lowest BCUT2D eigenvalue weighted by Crippen LogP contribution is -2.60. The van der Waals surface area contributed by atoms with Gasteiger partial charge in [0, 0.05) is 34.3 Å². The van der Waals surface area contributed by atoms with E-state index < -0.39 is 23.3 Å². The van der Waals surface area contributed by atoms with E-state index in [9.17, 15) is 33.9 Å². The van der Waals surface area contributed by atoms with Crippen molar-refractivity contribution in [2.45, 2.75) is 237 Å². The van der Waals surface area contributed by atoms with Gasteiger partial charge >= 0.3 is 35.8 Å². The molecule has 0 aromatic rings. The molecule has 0 spiro atoms. The molecule has 1 heterocycles. The largest absolute Gasteiger partial charge is 0.462 e. The van der Waals surface area contributed by atoms with Crippen LogP contribution in [0.3, 0.4) is 0 Å². The summed E-state index contributed by atoms with van der Waals surface area (Å²) in [4.78, 5) is 68.4. The van der Waals surface area contributed by atoms with E-state index in [0.717, 1.165) is 75.0 Å². The summed E-state index contributed by atoms with van der Waals surface area (Å²) >= 11 is 0. The zero-order chi connectivity index (χ0) is 56.4. The second kappa shape index (κ2) is 24.1. The van der Waals surface area contributed by atoms with Crippen LogP contribution < -0.4 is 0 Å². The van der Waals surface area contributed by atoms with E-state index in [0.29, 0.717) is 69.8 Å². The fourth-order valence-electron chi connectivity index (χ4n) is 16.8. The molecule has 1 aliphatic heterocycles. The summed E-state index contributed by atoms with van der Waals surface area (Å²) in [5, 5.41) is 10.5. The molecule has 0 aromatic carbocycles. The number of esters is 6. The fourth-order valence-corrected chi connectivity index (χ4v) is 16.8. The molecule has 1 saturated heterocycles. The predicted octanol–water partition coefficient (Wildman–Crippen LogP) is 12.5. The van der Waals surface area contributed by atoms with Gasteiger partial charge in [-0.3, -0.25) is 4.79 Å². The Balaban J connectivity index is 0.000000141. The lowest BCUT2D eigenvalue weighted by atomic mass is 9.49. The van der Waals surface area contributed by atoms with Crippen LogP contribution in [0.1, 0.15) is 203 Å². The van der Waals surface area contributed by atoms with Gasteiger partial charge in [0.05, 0.1) is 12.0 Å². The Hall–Kier alpha value is -4.52. The van der Waals surface area contributed by atoms with E-state index in [4.69, 9.17) is 23.7 Å². The topological polar surface area (TPSA) is 178 Å². The minimum atomic E-state index is -0.570. The molecule has 3 atom stereocenters. The first kappa shape index (κ1) is 60.1. The number of cyclic esters (lactones) is 1. The Morgan fingerprint density at radius 3 is 1.32 bits per heavy atom. The highest BCUT2D eigenvalue weighted by atomic mass is 16.6. The SMILES string of the molecule is C=C(C)C(=O)OC1(C)C2CC3CC(C2)CC1C3.C=C(C)C(=O)OC1(CC)C2CC3CC(C2)CC1C3.C=C(C)C(=O)OC1(CC)CCCC1.C=C(C)C(=O)OC12CC3CC(CC(O)(C3)C1)C2.C=C(C)C(=O)OC1COC(=O)C1. The molecule has 14 rings (SSSR count). The van der Waals surface area contributed by atoms with Crippen LogP contribution in [-0.2, 0) is 57.2 Å². The number of ether oxygens (including phenoxy) is 6. The van der Waals surface area contributed by atoms with Crippen molar-refractivity contribution in [3.63, 3.8) is 0 Å². The molecule has 13 heteroatoms. The van der Waals surface area contributed by atoms with Crippen LogP contribution in [0.4, 0.5) is 0 Å². The van der Waals surface area contributed by atoms with Crippen LogP contribution in [-0.4, -0.2) is 81.6 Å². The zero-order valence-corrected chi connectivity index (χ0v) is 48.2. The van der Waals surface area contributed by atoms with Crippen molar-refractivity contribution < 1.29 is 62.3 Å². The monoisotopic (exact) mass is 1070 g/mol. The molecule has 0 radical (unpaired) electrons. The number of rotatable bonds is 12. The smallest absolute Gasteiger partial charge is 0.333 e. The minimum Gasteiger partial charge on any atom is -0.462 e. The van der Waals surface area contributed by atoms with Gasteiger partial charge in [-0.15, -0.1) is 0 Å². The maximum atomic E-state index is 12.0. The van der Waals surface area contributed by atoms with E-state index in [1.54, 1.807) is 34.6 Å². The summed E-state index contributed by atoms with van der Waals surface area (Å²) in [5.74, 6) is 5.46. The summed E-state index contributed by atoms with van der Waals surface area (Å²) < 4.78 is 32.4. The summed E-state index contributed by atoms with van der Waals surface area (Å²) in [6.45, 7) is 33.1. The van der Waals surface area contributed by atoms with E-state index in [-0.39, 0.29) is 59.7 Å². The van der Waals surface area contributed by atoms with Gasteiger partial charge in [-0.2, -0.15) is 0 Å². The Kier molecular flexibility index (Phi) is 18.8. The van der Waals surface area contributed by atoms with Crippen molar-refractivity contribution in [1.29, 1.82) is 0 Å². The Morgan fingerprint density at radius 1 is 0.532 bits per heavy atom. The van der Waals surface area contributed by atoms with Crippen molar-refractivity contribution in [1.82, 2.24) is 0 Å². The van der Waals surface area contributed by atoms with E-state index in [2.05, 4.69) is 58.4 Å². The molecule has 12 bridgehead atoms. The average molecular weight is 1070 g/mol. The standard InChI is InChI=1S/C16H24O2.C15H22O2.C14H20O3.C11H18O2.C8H10O4/c1-4-16(18-15(17)10(2)3)13-6-11-5-12(8-13)9-14(16)7-11;1-9(2)14(16)17-15(3)12-5-10-4-11(7-12)8-13(15)6-10;1-9(2)12(15)17-14-6-10-3-11(7-14)5-13(16,4-10)8-14;1-4-11(7-5-6-8-11)13-10(12)9(2)3;1-5(2)8(10)12-6-3-7(9)11-4-6/h11-14H,2,4-9H2,1,3H3;10-13H,1,4-8H2,2-3H3;10-11,16H,1,3-8H2,2H3;2,4-8H2,1,3H3;6H,1,3-4H2,2H3. The van der Waals surface area contributed by atoms with Gasteiger partial charge in [0.1, 0.15) is 35.1 Å². The molecule has 0 amide bonds. The molecule has 13 aliphatic carbocycles. The van der Waals surface area contributed by atoms with Gasteiger partial charge < -0.3 is 33.5 Å². The highest BCUT2D eigenvalue weighted by molar-refractivity contribution is 5.89. The predicted molar refractivity (Wildman–Crippen MR) is 293 cm³/mol. The number of hydrogen-bond donors (Lipinski definition) is 1. The van der Waals surface area contributed by atoms with Crippen molar-refractivity contribution in [2.75, 3.05) is 6.61 Å². The summed E-state index contributed by atoms with van der Waals surface area (Å²) in [6.07, 6.45) is 24.6. The molecular weight excluding hydrogens is 977 g/mol. The number of carbonyl (C=O) groups excluding carboxylic acids is 6. The molecule has 14 fully saturated rings. The van der Waals surface area contributed by atoms with Gasteiger partial charge in [0.25, 0.3) is 0 Å². The second-order valence-electron chi connectivity index (χ2n) is 26.6.